The lowest BCUT2D eigenvalue weighted by atomic mass is 10.2. The molecule has 0 aliphatic carbocycles. The number of rotatable bonds is 6. The number of hydrogen-bond acceptors (Lipinski definition) is 3. The molecule has 114 valence electrons. The molecular formula is C17H21N5. The molecule has 22 heavy (non-hydrogen) atoms. The van der Waals surface area contributed by atoms with Crippen LogP contribution in [0.5, 0.6) is 0 Å². The molecule has 0 radical (unpaired) electrons. The number of aromatic amines is 1. The highest BCUT2D eigenvalue weighted by Crippen LogP contribution is 2.16. The van der Waals surface area contributed by atoms with Crippen LogP contribution in [0, 0.1) is 6.92 Å². The summed E-state index contributed by atoms with van der Waals surface area (Å²) < 4.78 is 1.91. The minimum atomic E-state index is 0.148. The third-order valence-corrected chi connectivity index (χ3v) is 3.78. The molecule has 1 aromatic carbocycles. The van der Waals surface area contributed by atoms with E-state index in [0.29, 0.717) is 0 Å². The molecule has 2 N–H and O–H groups in total. The maximum Gasteiger partial charge on any atom is 0.124 e. The molecule has 3 rings (SSSR count). The van der Waals surface area contributed by atoms with Gasteiger partial charge in [-0.25, -0.2) is 4.98 Å². The fourth-order valence-electron chi connectivity index (χ4n) is 2.50. The summed E-state index contributed by atoms with van der Waals surface area (Å²) in [6.07, 6.45) is 3.91. The van der Waals surface area contributed by atoms with E-state index in [4.69, 9.17) is 0 Å². The van der Waals surface area contributed by atoms with Crippen molar-refractivity contribution in [2.45, 2.75) is 33.0 Å². The molecule has 2 aromatic heterocycles. The summed E-state index contributed by atoms with van der Waals surface area (Å²) in [5.74, 6) is 0.956. The molecule has 5 nitrogen and oxygen atoms in total. The van der Waals surface area contributed by atoms with Crippen molar-refractivity contribution >= 4 is 11.0 Å². The van der Waals surface area contributed by atoms with Gasteiger partial charge in [0.2, 0.25) is 0 Å². The van der Waals surface area contributed by atoms with E-state index in [-0.39, 0.29) is 6.04 Å². The van der Waals surface area contributed by atoms with Gasteiger partial charge in [-0.2, -0.15) is 5.10 Å². The molecule has 0 saturated heterocycles. The van der Waals surface area contributed by atoms with Gasteiger partial charge in [0.05, 0.1) is 29.3 Å². The van der Waals surface area contributed by atoms with Crippen LogP contribution in [-0.2, 0) is 13.1 Å². The van der Waals surface area contributed by atoms with E-state index >= 15 is 0 Å². The predicted molar refractivity (Wildman–Crippen MR) is 88.5 cm³/mol. The molecule has 0 aliphatic heterocycles. The molecule has 0 amide bonds. The first kappa shape index (κ1) is 14.5. The SMILES string of the molecule is C=CCn1cc(CNC(C)c2nc3ccccc3[nH]2)c(C)n1. The quantitative estimate of drug-likeness (QED) is 0.687. The number of aromatic nitrogens is 4. The summed E-state index contributed by atoms with van der Waals surface area (Å²) in [5.41, 5.74) is 4.32. The molecule has 0 spiro atoms. The molecule has 0 aliphatic rings. The second kappa shape index (κ2) is 6.15. The second-order valence-corrected chi connectivity index (χ2v) is 5.49. The fourth-order valence-corrected chi connectivity index (χ4v) is 2.50. The summed E-state index contributed by atoms with van der Waals surface area (Å²) >= 11 is 0. The molecule has 2 heterocycles. The van der Waals surface area contributed by atoms with Crippen molar-refractivity contribution in [2.24, 2.45) is 0 Å². The van der Waals surface area contributed by atoms with Crippen molar-refractivity contribution in [3.63, 3.8) is 0 Å². The lowest BCUT2D eigenvalue weighted by Gasteiger charge is -2.10. The van der Waals surface area contributed by atoms with Crippen molar-refractivity contribution in [1.29, 1.82) is 0 Å². The monoisotopic (exact) mass is 295 g/mol. The minimum absolute atomic E-state index is 0.148. The number of fused-ring (bicyclic) bond motifs is 1. The number of aryl methyl sites for hydroxylation is 1. The molecule has 5 heteroatoms. The maximum atomic E-state index is 4.63. The van der Waals surface area contributed by atoms with E-state index in [9.17, 15) is 0 Å². The van der Waals surface area contributed by atoms with E-state index in [1.807, 2.05) is 41.9 Å². The number of nitrogens with zero attached hydrogens (tertiary/aromatic N) is 3. The second-order valence-electron chi connectivity index (χ2n) is 5.49. The highest BCUT2D eigenvalue weighted by molar-refractivity contribution is 5.74. The van der Waals surface area contributed by atoms with Crippen LogP contribution in [0.4, 0.5) is 0 Å². The van der Waals surface area contributed by atoms with E-state index in [1.165, 1.54) is 5.56 Å². The van der Waals surface area contributed by atoms with Gasteiger partial charge >= 0.3 is 0 Å². The van der Waals surface area contributed by atoms with Crippen LogP contribution >= 0.6 is 0 Å². The lowest BCUT2D eigenvalue weighted by molar-refractivity contribution is 0.551. The summed E-state index contributed by atoms with van der Waals surface area (Å²) in [6, 6.07) is 8.23. The van der Waals surface area contributed by atoms with E-state index in [1.54, 1.807) is 0 Å². The molecule has 3 aromatic rings. The number of para-hydroxylation sites is 2. The number of nitrogens with one attached hydrogen (secondary N) is 2. The summed E-state index contributed by atoms with van der Waals surface area (Å²) in [6.45, 7) is 9.38. The Balaban J connectivity index is 1.69. The maximum absolute atomic E-state index is 4.63. The molecular weight excluding hydrogens is 274 g/mol. The van der Waals surface area contributed by atoms with Gasteiger partial charge in [0.1, 0.15) is 5.82 Å². The van der Waals surface area contributed by atoms with Gasteiger partial charge in [0, 0.05) is 18.3 Å². The number of hydrogen-bond donors (Lipinski definition) is 2. The Morgan fingerprint density at radius 2 is 2.23 bits per heavy atom. The van der Waals surface area contributed by atoms with Crippen LogP contribution in [-0.4, -0.2) is 19.7 Å². The first-order chi connectivity index (χ1) is 10.7. The average molecular weight is 295 g/mol. The summed E-state index contributed by atoms with van der Waals surface area (Å²) in [4.78, 5) is 7.99. The Hall–Kier alpha value is -2.40. The van der Waals surface area contributed by atoms with E-state index < -0.39 is 0 Å². The topological polar surface area (TPSA) is 58.5 Å². The Kier molecular flexibility index (Phi) is 4.06. The number of benzene rings is 1. The minimum Gasteiger partial charge on any atom is -0.341 e. The van der Waals surface area contributed by atoms with Gasteiger partial charge in [0.25, 0.3) is 0 Å². The molecule has 0 bridgehead atoms. The normalized spacial score (nSPS) is 12.6. The van der Waals surface area contributed by atoms with Crippen molar-refractivity contribution in [2.75, 3.05) is 0 Å². The van der Waals surface area contributed by atoms with Gasteiger partial charge in [-0.05, 0) is 26.0 Å². The smallest absolute Gasteiger partial charge is 0.124 e. The van der Waals surface area contributed by atoms with E-state index in [0.717, 1.165) is 35.6 Å². The lowest BCUT2D eigenvalue weighted by Crippen LogP contribution is -2.19. The third kappa shape index (κ3) is 2.94. The van der Waals surface area contributed by atoms with Crippen LogP contribution < -0.4 is 5.32 Å². The number of H-pyrrole nitrogens is 1. The Labute approximate surface area is 130 Å². The first-order valence-electron chi connectivity index (χ1n) is 7.49. The van der Waals surface area contributed by atoms with Gasteiger partial charge in [-0.3, -0.25) is 4.68 Å². The van der Waals surface area contributed by atoms with Gasteiger partial charge < -0.3 is 10.3 Å². The number of allylic oxidation sites excluding steroid dienone is 1. The third-order valence-electron chi connectivity index (χ3n) is 3.78. The van der Waals surface area contributed by atoms with Crippen LogP contribution in [0.3, 0.4) is 0 Å². The van der Waals surface area contributed by atoms with Crippen LogP contribution in [0.15, 0.2) is 43.1 Å². The van der Waals surface area contributed by atoms with Gasteiger partial charge in [-0.1, -0.05) is 18.2 Å². The zero-order valence-corrected chi connectivity index (χ0v) is 13.0. The molecule has 1 atom stereocenters. The number of imidazole rings is 1. The summed E-state index contributed by atoms with van der Waals surface area (Å²) in [5, 5.41) is 7.97. The van der Waals surface area contributed by atoms with Crippen LogP contribution in [0.1, 0.15) is 30.0 Å². The zero-order chi connectivity index (χ0) is 15.5. The van der Waals surface area contributed by atoms with Crippen LogP contribution in [0.2, 0.25) is 0 Å². The first-order valence-corrected chi connectivity index (χ1v) is 7.49. The molecule has 1 unspecified atom stereocenters. The largest absolute Gasteiger partial charge is 0.341 e. The van der Waals surface area contributed by atoms with E-state index in [2.05, 4.69) is 40.1 Å². The summed E-state index contributed by atoms with van der Waals surface area (Å²) in [7, 11) is 0. The average Bonchev–Trinajstić information content (AvgIpc) is 3.08. The Morgan fingerprint density at radius 1 is 1.41 bits per heavy atom. The standard InChI is InChI=1S/C17H21N5/c1-4-9-22-11-14(12(2)21-22)10-18-13(3)17-19-15-7-5-6-8-16(15)20-17/h4-8,11,13,18H,1,9-10H2,2-3H3,(H,19,20). The molecule has 0 fully saturated rings. The predicted octanol–water partition coefficient (Wildman–Crippen LogP) is 3.10. The van der Waals surface area contributed by atoms with Crippen molar-refractivity contribution in [3.05, 3.63) is 60.2 Å². The van der Waals surface area contributed by atoms with Crippen molar-refractivity contribution in [3.8, 4) is 0 Å². The Bertz CT molecular complexity index is 750. The fraction of sp³-hybridized carbons (Fsp3) is 0.294. The zero-order valence-electron chi connectivity index (χ0n) is 13.0. The van der Waals surface area contributed by atoms with Gasteiger partial charge in [0.15, 0.2) is 0 Å². The highest BCUT2D eigenvalue weighted by atomic mass is 15.3. The highest BCUT2D eigenvalue weighted by Gasteiger charge is 2.11. The molecule has 0 saturated carbocycles. The Morgan fingerprint density at radius 3 is 3.00 bits per heavy atom. The van der Waals surface area contributed by atoms with Gasteiger partial charge in [-0.15, -0.1) is 6.58 Å². The van der Waals surface area contributed by atoms with Crippen molar-refractivity contribution < 1.29 is 0 Å². The van der Waals surface area contributed by atoms with Crippen molar-refractivity contribution in [1.82, 2.24) is 25.1 Å². The van der Waals surface area contributed by atoms with Crippen LogP contribution in [0.25, 0.3) is 11.0 Å².